The highest BCUT2D eigenvalue weighted by Gasteiger charge is 2.24. The average molecular weight is 517 g/mol. The van der Waals surface area contributed by atoms with Crippen LogP contribution in [0.4, 0.5) is 4.39 Å². The molecule has 5 rings (SSSR count). The van der Waals surface area contributed by atoms with Crippen LogP contribution in [-0.4, -0.2) is 24.3 Å². The summed E-state index contributed by atoms with van der Waals surface area (Å²) in [6, 6.07) is 14.0. The van der Waals surface area contributed by atoms with Crippen LogP contribution in [-0.2, 0) is 0 Å². The van der Waals surface area contributed by atoms with Crippen molar-refractivity contribution in [2.45, 2.75) is 58.0 Å². The number of hydrogen-bond donors (Lipinski definition) is 1. The molecule has 0 atom stereocenters. The summed E-state index contributed by atoms with van der Waals surface area (Å²) in [7, 11) is 1.64. The first-order chi connectivity index (χ1) is 18.4. The lowest BCUT2D eigenvalue weighted by atomic mass is 9.90. The fraction of sp³-hybridized carbons (Fsp3) is 0.355. The van der Waals surface area contributed by atoms with Gasteiger partial charge in [0.05, 0.1) is 18.2 Å². The monoisotopic (exact) mass is 516 g/mol. The average Bonchev–Trinajstić information content (AvgIpc) is 2.93. The van der Waals surface area contributed by atoms with Gasteiger partial charge in [-0.3, -0.25) is 4.79 Å². The fourth-order valence-electron chi connectivity index (χ4n) is 5.54. The van der Waals surface area contributed by atoms with E-state index in [1.54, 1.807) is 13.2 Å². The van der Waals surface area contributed by atoms with Crippen molar-refractivity contribution < 1.29 is 13.5 Å². The Morgan fingerprint density at radius 1 is 1.11 bits per heavy atom. The first-order valence-electron chi connectivity index (χ1n) is 13.2. The van der Waals surface area contributed by atoms with Crippen molar-refractivity contribution in [1.29, 1.82) is 0 Å². The number of nitrogens with one attached hydrogen (secondary N) is 1. The predicted molar refractivity (Wildman–Crippen MR) is 150 cm³/mol. The molecule has 2 aromatic carbocycles. The number of aryl methyl sites for hydroxylation is 1. The van der Waals surface area contributed by atoms with Gasteiger partial charge in [0.1, 0.15) is 17.1 Å². The fourth-order valence-corrected chi connectivity index (χ4v) is 5.54. The SMILES string of the molecule is CC/C(=C\c1c(C)c2cc(F)ccc2oc1=O)CN[C@H]1CC[C@H](n2c(=O)ccc3ccc(OC)cc32)CC1. The third-order valence-electron chi connectivity index (χ3n) is 7.79. The van der Waals surface area contributed by atoms with Gasteiger partial charge in [-0.05, 0) is 92.5 Å². The maximum Gasteiger partial charge on any atom is 0.343 e. The zero-order chi connectivity index (χ0) is 26.8. The molecule has 198 valence electrons. The number of pyridine rings is 1. The highest BCUT2D eigenvalue weighted by molar-refractivity contribution is 5.83. The van der Waals surface area contributed by atoms with Crippen molar-refractivity contribution >= 4 is 27.9 Å². The van der Waals surface area contributed by atoms with Crippen LogP contribution in [0.1, 0.15) is 56.2 Å². The molecule has 1 saturated carbocycles. The summed E-state index contributed by atoms with van der Waals surface area (Å²) in [5, 5.41) is 5.29. The first-order valence-corrected chi connectivity index (χ1v) is 13.2. The number of aromatic nitrogens is 1. The normalized spacial score (nSPS) is 18.3. The molecule has 0 saturated heterocycles. The molecule has 1 N–H and O–H groups in total. The van der Waals surface area contributed by atoms with E-state index in [2.05, 4.69) is 12.2 Å². The minimum absolute atomic E-state index is 0.0165. The second-order valence-electron chi connectivity index (χ2n) is 10.1. The van der Waals surface area contributed by atoms with Crippen LogP contribution in [0.2, 0.25) is 0 Å². The van der Waals surface area contributed by atoms with Gasteiger partial charge in [-0.15, -0.1) is 0 Å². The number of fused-ring (bicyclic) bond motifs is 2. The van der Waals surface area contributed by atoms with E-state index in [4.69, 9.17) is 9.15 Å². The molecule has 4 aromatic rings. The Kier molecular flexibility index (Phi) is 7.47. The van der Waals surface area contributed by atoms with E-state index in [0.29, 0.717) is 29.1 Å². The van der Waals surface area contributed by atoms with E-state index in [-0.39, 0.29) is 17.4 Å². The van der Waals surface area contributed by atoms with Crippen molar-refractivity contribution in [2.24, 2.45) is 0 Å². The van der Waals surface area contributed by atoms with Gasteiger partial charge in [0.25, 0.3) is 5.56 Å². The van der Waals surface area contributed by atoms with Crippen molar-refractivity contribution in [2.75, 3.05) is 13.7 Å². The standard InChI is InChI=1S/C31H33FN2O4/c1-4-20(15-27-19(2)26-16-22(32)7-13-29(26)38-31(27)36)18-33-23-8-10-24(11-9-23)34-28-17-25(37-3)12-5-21(28)6-14-30(34)35/h5-7,12-17,23-24,33H,4,8-11,18H2,1-3H3/b20-15+/t23-,24-. The Bertz CT molecular complexity index is 1630. The van der Waals surface area contributed by atoms with E-state index < -0.39 is 5.63 Å². The molecule has 0 radical (unpaired) electrons. The summed E-state index contributed by atoms with van der Waals surface area (Å²) in [6.45, 7) is 4.54. The maximum atomic E-state index is 13.8. The van der Waals surface area contributed by atoms with Crippen LogP contribution < -0.4 is 21.2 Å². The Balaban J connectivity index is 1.29. The Morgan fingerprint density at radius 3 is 2.61 bits per heavy atom. The first kappa shape index (κ1) is 25.9. The van der Waals surface area contributed by atoms with Gasteiger partial charge in [-0.1, -0.05) is 12.5 Å². The zero-order valence-electron chi connectivity index (χ0n) is 22.1. The van der Waals surface area contributed by atoms with E-state index in [1.165, 1.54) is 18.2 Å². The number of methoxy groups -OCH3 is 1. The molecule has 1 aliphatic rings. The Morgan fingerprint density at radius 2 is 1.87 bits per heavy atom. The van der Waals surface area contributed by atoms with Gasteiger partial charge in [0.2, 0.25) is 0 Å². The minimum Gasteiger partial charge on any atom is -0.497 e. The molecule has 38 heavy (non-hydrogen) atoms. The molecular formula is C31H33FN2O4. The molecule has 6 nitrogen and oxygen atoms in total. The molecule has 0 bridgehead atoms. The lowest BCUT2D eigenvalue weighted by molar-refractivity contribution is 0.295. The number of halogens is 1. The molecule has 1 fully saturated rings. The molecule has 0 unspecified atom stereocenters. The second-order valence-corrected chi connectivity index (χ2v) is 10.1. The lowest BCUT2D eigenvalue weighted by Gasteiger charge is -2.31. The van der Waals surface area contributed by atoms with Crippen LogP contribution in [0.5, 0.6) is 5.75 Å². The Hall–Kier alpha value is -3.71. The summed E-state index contributed by atoms with van der Waals surface area (Å²) in [5.41, 5.74) is 3.18. The van der Waals surface area contributed by atoms with Gasteiger partial charge in [-0.2, -0.15) is 0 Å². The van der Waals surface area contributed by atoms with Gasteiger partial charge < -0.3 is 19.0 Å². The summed E-state index contributed by atoms with van der Waals surface area (Å²) in [4.78, 5) is 25.5. The van der Waals surface area contributed by atoms with Gasteiger partial charge in [0.15, 0.2) is 0 Å². The summed E-state index contributed by atoms with van der Waals surface area (Å²) in [6.07, 6.45) is 6.36. The molecule has 2 aromatic heterocycles. The Labute approximate surface area is 220 Å². The van der Waals surface area contributed by atoms with E-state index >= 15 is 0 Å². The quantitative estimate of drug-likeness (QED) is 0.299. The molecule has 7 heteroatoms. The minimum atomic E-state index is -0.412. The van der Waals surface area contributed by atoms with Crippen LogP contribution >= 0.6 is 0 Å². The van der Waals surface area contributed by atoms with Crippen molar-refractivity contribution in [3.05, 3.63) is 91.8 Å². The molecule has 1 aliphatic carbocycles. The van der Waals surface area contributed by atoms with Gasteiger partial charge >= 0.3 is 5.63 Å². The summed E-state index contributed by atoms with van der Waals surface area (Å²) < 4.78 is 26.6. The lowest BCUT2D eigenvalue weighted by Crippen LogP contribution is -2.36. The maximum absolute atomic E-state index is 13.8. The summed E-state index contributed by atoms with van der Waals surface area (Å²) >= 11 is 0. The van der Waals surface area contributed by atoms with Crippen molar-refractivity contribution in [3.63, 3.8) is 0 Å². The highest BCUT2D eigenvalue weighted by Crippen LogP contribution is 2.31. The number of rotatable bonds is 7. The van der Waals surface area contributed by atoms with Crippen molar-refractivity contribution in [3.8, 4) is 5.75 Å². The van der Waals surface area contributed by atoms with E-state index in [1.807, 2.05) is 41.8 Å². The molecule has 0 amide bonds. The topological polar surface area (TPSA) is 73.5 Å². The molecule has 0 aliphatic heterocycles. The third-order valence-corrected chi connectivity index (χ3v) is 7.79. The van der Waals surface area contributed by atoms with Crippen LogP contribution in [0.3, 0.4) is 0 Å². The second kappa shape index (κ2) is 11.0. The van der Waals surface area contributed by atoms with Crippen LogP contribution in [0.15, 0.2) is 68.1 Å². The number of nitrogens with zero attached hydrogens (tertiary/aromatic N) is 1. The van der Waals surface area contributed by atoms with E-state index in [0.717, 1.165) is 59.9 Å². The van der Waals surface area contributed by atoms with Crippen molar-refractivity contribution in [1.82, 2.24) is 9.88 Å². The predicted octanol–water partition coefficient (Wildman–Crippen LogP) is 6.13. The number of benzene rings is 2. The smallest absolute Gasteiger partial charge is 0.343 e. The van der Waals surface area contributed by atoms with Gasteiger partial charge in [-0.25, -0.2) is 9.18 Å². The number of ether oxygens (including phenoxy) is 1. The molecule has 2 heterocycles. The van der Waals surface area contributed by atoms with E-state index in [9.17, 15) is 14.0 Å². The highest BCUT2D eigenvalue weighted by atomic mass is 19.1. The summed E-state index contributed by atoms with van der Waals surface area (Å²) in [5.74, 6) is 0.383. The van der Waals surface area contributed by atoms with Crippen LogP contribution in [0, 0.1) is 12.7 Å². The molecular weight excluding hydrogens is 483 g/mol. The third kappa shape index (κ3) is 5.16. The number of hydrogen-bond acceptors (Lipinski definition) is 5. The van der Waals surface area contributed by atoms with Gasteiger partial charge in [0, 0.05) is 36.1 Å². The largest absolute Gasteiger partial charge is 0.497 e. The molecule has 0 spiro atoms. The van der Waals surface area contributed by atoms with Crippen LogP contribution in [0.25, 0.3) is 27.9 Å². The zero-order valence-corrected chi connectivity index (χ0v) is 22.1.